The van der Waals surface area contributed by atoms with Gasteiger partial charge in [0.05, 0.1) is 10.5 Å². The predicted molar refractivity (Wildman–Crippen MR) is 95.1 cm³/mol. The summed E-state index contributed by atoms with van der Waals surface area (Å²) in [5.74, 6) is -0.820. The number of esters is 1. The molecule has 8 heteroatoms. The molecular formula is C18H24N2O5S. The van der Waals surface area contributed by atoms with Gasteiger partial charge < -0.3 is 9.64 Å². The summed E-state index contributed by atoms with van der Waals surface area (Å²) in [5.41, 5.74) is 0.233. The summed E-state index contributed by atoms with van der Waals surface area (Å²) in [6.07, 6.45) is 4.75. The van der Waals surface area contributed by atoms with Crippen molar-refractivity contribution < 1.29 is 22.7 Å². The van der Waals surface area contributed by atoms with E-state index in [1.807, 2.05) is 0 Å². The number of ether oxygens (including phenoxy) is 1. The number of nitrogens with zero attached hydrogens (tertiary/aromatic N) is 2. The Labute approximate surface area is 154 Å². The Hall–Kier alpha value is -1.93. The summed E-state index contributed by atoms with van der Waals surface area (Å²) < 4.78 is 31.7. The topological polar surface area (TPSA) is 84.0 Å². The molecule has 2 fully saturated rings. The van der Waals surface area contributed by atoms with Crippen molar-refractivity contribution in [2.75, 3.05) is 32.8 Å². The van der Waals surface area contributed by atoms with E-state index in [4.69, 9.17) is 4.74 Å². The van der Waals surface area contributed by atoms with Crippen LogP contribution < -0.4 is 0 Å². The molecule has 0 saturated carbocycles. The van der Waals surface area contributed by atoms with E-state index >= 15 is 0 Å². The summed E-state index contributed by atoms with van der Waals surface area (Å²) in [6, 6.07) is 5.70. The Morgan fingerprint density at radius 1 is 0.885 bits per heavy atom. The lowest BCUT2D eigenvalue weighted by atomic mass is 10.2. The molecule has 26 heavy (non-hydrogen) atoms. The minimum Gasteiger partial charge on any atom is -0.452 e. The van der Waals surface area contributed by atoms with Crippen LogP contribution in [0.3, 0.4) is 0 Å². The van der Waals surface area contributed by atoms with Crippen LogP contribution in [0.2, 0.25) is 0 Å². The van der Waals surface area contributed by atoms with Gasteiger partial charge in [0.15, 0.2) is 6.61 Å². The minimum atomic E-state index is -3.52. The van der Waals surface area contributed by atoms with Gasteiger partial charge in [0.1, 0.15) is 0 Å². The van der Waals surface area contributed by atoms with Crippen LogP contribution in [-0.4, -0.2) is 62.3 Å². The number of hydrogen-bond acceptors (Lipinski definition) is 5. The van der Waals surface area contributed by atoms with Gasteiger partial charge >= 0.3 is 5.97 Å². The zero-order chi connectivity index (χ0) is 18.6. The first-order valence-corrected chi connectivity index (χ1v) is 10.5. The predicted octanol–water partition coefficient (Wildman–Crippen LogP) is 1.64. The van der Waals surface area contributed by atoms with E-state index in [9.17, 15) is 18.0 Å². The van der Waals surface area contributed by atoms with Crippen molar-refractivity contribution in [1.82, 2.24) is 9.21 Å². The SMILES string of the molecule is O=C(OCC(=O)N1CCCC1)c1ccc(S(=O)(=O)N2CCCCC2)cc1. The average Bonchev–Trinajstić information content (AvgIpc) is 3.21. The first-order chi connectivity index (χ1) is 12.5. The second-order valence-electron chi connectivity index (χ2n) is 6.65. The molecule has 0 bridgehead atoms. The molecule has 1 amide bonds. The van der Waals surface area contributed by atoms with Gasteiger partial charge in [-0.1, -0.05) is 6.42 Å². The highest BCUT2D eigenvalue weighted by Gasteiger charge is 2.26. The van der Waals surface area contributed by atoms with Crippen molar-refractivity contribution in [2.24, 2.45) is 0 Å². The number of piperidine rings is 1. The van der Waals surface area contributed by atoms with Crippen molar-refractivity contribution in [2.45, 2.75) is 37.0 Å². The molecule has 0 N–H and O–H groups in total. The molecular weight excluding hydrogens is 356 g/mol. The summed E-state index contributed by atoms with van der Waals surface area (Å²) in [6.45, 7) is 2.20. The Morgan fingerprint density at radius 3 is 2.08 bits per heavy atom. The number of rotatable bonds is 5. The van der Waals surface area contributed by atoms with E-state index in [2.05, 4.69) is 0 Å². The molecule has 142 valence electrons. The van der Waals surface area contributed by atoms with E-state index in [0.717, 1.165) is 32.1 Å². The highest BCUT2D eigenvalue weighted by atomic mass is 32.2. The molecule has 2 heterocycles. The Kier molecular flexibility index (Phi) is 5.93. The zero-order valence-corrected chi connectivity index (χ0v) is 15.5. The van der Waals surface area contributed by atoms with Gasteiger partial charge in [0.2, 0.25) is 10.0 Å². The smallest absolute Gasteiger partial charge is 0.338 e. The number of hydrogen-bond donors (Lipinski definition) is 0. The summed E-state index contributed by atoms with van der Waals surface area (Å²) in [7, 11) is -3.52. The van der Waals surface area contributed by atoms with Crippen molar-refractivity contribution in [3.63, 3.8) is 0 Å². The molecule has 0 atom stereocenters. The number of sulfonamides is 1. The first kappa shape index (κ1) is 18.8. The van der Waals surface area contributed by atoms with Gasteiger partial charge in [0.25, 0.3) is 5.91 Å². The van der Waals surface area contributed by atoms with Gasteiger partial charge in [-0.05, 0) is 49.9 Å². The third-order valence-corrected chi connectivity index (χ3v) is 6.74. The molecule has 1 aromatic carbocycles. The highest BCUT2D eigenvalue weighted by Crippen LogP contribution is 2.21. The maximum absolute atomic E-state index is 12.6. The Balaban J connectivity index is 1.59. The van der Waals surface area contributed by atoms with E-state index in [-0.39, 0.29) is 23.0 Å². The number of benzene rings is 1. The molecule has 2 saturated heterocycles. The summed E-state index contributed by atoms with van der Waals surface area (Å²) >= 11 is 0. The van der Waals surface area contributed by atoms with E-state index in [0.29, 0.717) is 26.2 Å². The molecule has 0 aliphatic carbocycles. The van der Waals surface area contributed by atoms with Crippen LogP contribution in [-0.2, 0) is 19.6 Å². The lowest BCUT2D eigenvalue weighted by molar-refractivity contribution is -0.133. The monoisotopic (exact) mass is 380 g/mol. The van der Waals surface area contributed by atoms with Crippen LogP contribution in [0.15, 0.2) is 29.2 Å². The van der Waals surface area contributed by atoms with Crippen molar-refractivity contribution in [3.05, 3.63) is 29.8 Å². The number of carbonyl (C=O) groups is 2. The van der Waals surface area contributed by atoms with Crippen LogP contribution in [0, 0.1) is 0 Å². The van der Waals surface area contributed by atoms with Gasteiger partial charge in [-0.3, -0.25) is 4.79 Å². The number of likely N-dealkylation sites (tertiary alicyclic amines) is 1. The molecule has 0 spiro atoms. The van der Waals surface area contributed by atoms with Crippen LogP contribution >= 0.6 is 0 Å². The molecule has 0 radical (unpaired) electrons. The lowest BCUT2D eigenvalue weighted by Crippen LogP contribution is -2.35. The average molecular weight is 380 g/mol. The van der Waals surface area contributed by atoms with Crippen molar-refractivity contribution in [3.8, 4) is 0 Å². The first-order valence-electron chi connectivity index (χ1n) is 9.03. The molecule has 2 aliphatic rings. The van der Waals surface area contributed by atoms with E-state index in [1.54, 1.807) is 4.90 Å². The summed E-state index contributed by atoms with van der Waals surface area (Å²) in [5, 5.41) is 0. The van der Waals surface area contributed by atoms with Gasteiger partial charge in [-0.2, -0.15) is 4.31 Å². The molecule has 1 aromatic rings. The molecule has 0 aromatic heterocycles. The van der Waals surface area contributed by atoms with Crippen molar-refractivity contribution in [1.29, 1.82) is 0 Å². The van der Waals surface area contributed by atoms with Gasteiger partial charge in [-0.25, -0.2) is 13.2 Å². The van der Waals surface area contributed by atoms with Crippen LogP contribution in [0.5, 0.6) is 0 Å². The Morgan fingerprint density at radius 2 is 1.46 bits per heavy atom. The maximum atomic E-state index is 12.6. The van der Waals surface area contributed by atoms with Crippen molar-refractivity contribution >= 4 is 21.9 Å². The fraction of sp³-hybridized carbons (Fsp3) is 0.556. The lowest BCUT2D eigenvalue weighted by Gasteiger charge is -2.25. The third kappa shape index (κ3) is 4.24. The molecule has 0 unspecified atom stereocenters. The number of amides is 1. The second-order valence-corrected chi connectivity index (χ2v) is 8.59. The van der Waals surface area contributed by atoms with E-state index in [1.165, 1.54) is 28.6 Å². The Bertz CT molecular complexity index is 748. The van der Waals surface area contributed by atoms with Gasteiger partial charge in [0, 0.05) is 26.2 Å². The zero-order valence-electron chi connectivity index (χ0n) is 14.7. The largest absolute Gasteiger partial charge is 0.452 e. The normalized spacial score (nSPS) is 18.7. The van der Waals surface area contributed by atoms with Crippen LogP contribution in [0.25, 0.3) is 0 Å². The molecule has 2 aliphatic heterocycles. The summed E-state index contributed by atoms with van der Waals surface area (Å²) in [4.78, 5) is 25.8. The second kappa shape index (κ2) is 8.18. The maximum Gasteiger partial charge on any atom is 0.338 e. The number of carbonyl (C=O) groups excluding carboxylic acids is 2. The van der Waals surface area contributed by atoms with E-state index < -0.39 is 16.0 Å². The molecule has 7 nitrogen and oxygen atoms in total. The quantitative estimate of drug-likeness (QED) is 0.725. The highest BCUT2D eigenvalue weighted by molar-refractivity contribution is 7.89. The van der Waals surface area contributed by atoms with Crippen LogP contribution in [0.4, 0.5) is 0 Å². The standard InChI is InChI=1S/C18H24N2O5S/c21-17(19-10-4-5-11-19)14-25-18(22)15-6-8-16(9-7-15)26(23,24)20-12-2-1-3-13-20/h6-9H,1-5,10-14H2. The third-order valence-electron chi connectivity index (χ3n) is 4.83. The minimum absolute atomic E-state index is 0.170. The molecule has 3 rings (SSSR count). The fourth-order valence-electron chi connectivity index (χ4n) is 3.29. The fourth-order valence-corrected chi connectivity index (χ4v) is 4.80. The van der Waals surface area contributed by atoms with Crippen LogP contribution in [0.1, 0.15) is 42.5 Å². The van der Waals surface area contributed by atoms with Gasteiger partial charge in [-0.15, -0.1) is 0 Å².